The van der Waals surface area contributed by atoms with Gasteiger partial charge in [-0.1, -0.05) is 36.4 Å². The van der Waals surface area contributed by atoms with Gasteiger partial charge in [0.25, 0.3) is 0 Å². The summed E-state index contributed by atoms with van der Waals surface area (Å²) in [6.45, 7) is 5.53. The minimum absolute atomic E-state index is 0.190. The minimum Gasteiger partial charge on any atom is -0.348 e. The quantitative estimate of drug-likeness (QED) is 0.752. The molecule has 2 N–H and O–H groups in total. The molecule has 1 fully saturated rings. The lowest BCUT2D eigenvalue weighted by atomic mass is 9.96. The van der Waals surface area contributed by atoms with E-state index in [-0.39, 0.29) is 6.04 Å². The van der Waals surface area contributed by atoms with E-state index in [1.165, 1.54) is 4.88 Å². The van der Waals surface area contributed by atoms with Gasteiger partial charge in [0, 0.05) is 18.0 Å². The molecule has 1 aromatic heterocycles. The van der Waals surface area contributed by atoms with Crippen LogP contribution >= 0.6 is 11.3 Å². The normalized spacial score (nSPS) is 16.6. The number of carbonyl (C=O) groups is 2. The first-order valence-electron chi connectivity index (χ1n) is 9.50. The number of thiophene rings is 1. The van der Waals surface area contributed by atoms with Crippen LogP contribution < -0.4 is 10.6 Å². The molecule has 27 heavy (non-hydrogen) atoms. The lowest BCUT2D eigenvalue weighted by Gasteiger charge is -2.31. The maximum atomic E-state index is 12.1. The molecule has 0 radical (unpaired) electrons. The van der Waals surface area contributed by atoms with Crippen molar-refractivity contribution in [1.82, 2.24) is 15.5 Å². The fourth-order valence-corrected chi connectivity index (χ4v) is 4.12. The predicted octanol–water partition coefficient (Wildman–Crippen LogP) is 2.95. The fraction of sp³-hybridized carbons (Fsp3) is 0.429. The minimum atomic E-state index is -0.568. The number of piperidine rings is 1. The number of nitrogens with zero attached hydrogens (tertiary/aromatic N) is 1. The van der Waals surface area contributed by atoms with Crippen molar-refractivity contribution in [1.29, 1.82) is 0 Å². The summed E-state index contributed by atoms with van der Waals surface area (Å²) in [5, 5.41) is 7.67. The molecule has 2 aromatic rings. The number of rotatable bonds is 6. The average molecular weight is 386 g/mol. The van der Waals surface area contributed by atoms with Gasteiger partial charge in [0.2, 0.25) is 0 Å². The Labute approximate surface area is 164 Å². The summed E-state index contributed by atoms with van der Waals surface area (Å²) in [4.78, 5) is 28.0. The van der Waals surface area contributed by atoms with Gasteiger partial charge in [-0.3, -0.25) is 14.5 Å². The zero-order valence-corrected chi connectivity index (χ0v) is 16.5. The van der Waals surface area contributed by atoms with Crippen LogP contribution in [-0.2, 0) is 16.1 Å². The van der Waals surface area contributed by atoms with Gasteiger partial charge in [0.15, 0.2) is 0 Å². The Bertz CT molecular complexity index is 725. The van der Waals surface area contributed by atoms with Gasteiger partial charge < -0.3 is 10.6 Å². The van der Waals surface area contributed by atoms with E-state index in [2.05, 4.69) is 33.0 Å². The maximum Gasteiger partial charge on any atom is 0.309 e. The van der Waals surface area contributed by atoms with Crippen LogP contribution in [-0.4, -0.2) is 36.3 Å². The number of benzene rings is 1. The summed E-state index contributed by atoms with van der Waals surface area (Å²) in [6, 6.07) is 13.7. The molecule has 0 spiro atoms. The third-order valence-corrected chi connectivity index (χ3v) is 5.93. The van der Waals surface area contributed by atoms with Gasteiger partial charge >= 0.3 is 11.8 Å². The van der Waals surface area contributed by atoms with Gasteiger partial charge in [-0.2, -0.15) is 0 Å². The first-order valence-corrected chi connectivity index (χ1v) is 10.4. The maximum absolute atomic E-state index is 12.1. The molecule has 144 valence electrons. The monoisotopic (exact) mass is 385 g/mol. The number of likely N-dealkylation sites (tertiary alicyclic amines) is 1. The van der Waals surface area contributed by atoms with Gasteiger partial charge in [0.1, 0.15) is 0 Å². The van der Waals surface area contributed by atoms with Crippen molar-refractivity contribution in [2.45, 2.75) is 32.4 Å². The van der Waals surface area contributed by atoms with Crippen LogP contribution in [0.3, 0.4) is 0 Å². The molecule has 5 nitrogen and oxygen atoms in total. The molecular formula is C21H27N3O2S. The molecule has 1 aromatic carbocycles. The summed E-state index contributed by atoms with van der Waals surface area (Å²) >= 11 is 1.79. The summed E-state index contributed by atoms with van der Waals surface area (Å²) in [6.07, 6.45) is 2.10. The molecule has 1 unspecified atom stereocenters. The summed E-state index contributed by atoms with van der Waals surface area (Å²) < 4.78 is 0. The first-order chi connectivity index (χ1) is 13.1. The summed E-state index contributed by atoms with van der Waals surface area (Å²) in [5.74, 6) is -0.673. The number of nitrogens with one attached hydrogen (secondary N) is 2. The average Bonchev–Trinajstić information content (AvgIpc) is 3.21. The molecule has 0 bridgehead atoms. The van der Waals surface area contributed by atoms with E-state index < -0.39 is 11.8 Å². The molecule has 2 amide bonds. The zero-order chi connectivity index (χ0) is 19.1. The number of hydrogen-bond donors (Lipinski definition) is 2. The van der Waals surface area contributed by atoms with Crippen LogP contribution in [0.1, 0.15) is 36.2 Å². The highest BCUT2D eigenvalue weighted by atomic mass is 32.1. The second-order valence-corrected chi connectivity index (χ2v) is 8.15. The molecule has 2 heterocycles. The van der Waals surface area contributed by atoms with Crippen molar-refractivity contribution in [2.24, 2.45) is 5.92 Å². The first kappa shape index (κ1) is 19.6. The van der Waals surface area contributed by atoms with Gasteiger partial charge in [0.05, 0.1) is 6.04 Å². The Morgan fingerprint density at radius 2 is 1.85 bits per heavy atom. The molecular weight excluding hydrogens is 358 g/mol. The fourth-order valence-electron chi connectivity index (χ4n) is 3.38. The van der Waals surface area contributed by atoms with E-state index in [0.29, 0.717) is 12.5 Å². The lowest BCUT2D eigenvalue weighted by Crippen LogP contribution is -2.44. The van der Waals surface area contributed by atoms with Crippen molar-refractivity contribution in [3.63, 3.8) is 0 Å². The summed E-state index contributed by atoms with van der Waals surface area (Å²) in [5.41, 5.74) is 0.983. The Morgan fingerprint density at radius 1 is 1.11 bits per heavy atom. The highest BCUT2D eigenvalue weighted by Crippen LogP contribution is 2.20. The van der Waals surface area contributed by atoms with Crippen molar-refractivity contribution in [2.75, 3.05) is 19.6 Å². The Balaban J connectivity index is 1.36. The molecule has 1 saturated heterocycles. The molecule has 1 aliphatic rings. The second-order valence-electron chi connectivity index (χ2n) is 7.11. The third kappa shape index (κ3) is 5.91. The highest BCUT2D eigenvalue weighted by Gasteiger charge is 2.22. The molecule has 1 atom stereocenters. The predicted molar refractivity (Wildman–Crippen MR) is 108 cm³/mol. The molecule has 3 rings (SSSR count). The molecule has 0 aliphatic carbocycles. The third-order valence-electron chi connectivity index (χ3n) is 5.07. The molecule has 0 saturated carbocycles. The van der Waals surface area contributed by atoms with Crippen LogP contribution in [0.25, 0.3) is 0 Å². The van der Waals surface area contributed by atoms with Gasteiger partial charge in [-0.25, -0.2) is 0 Å². The second kappa shape index (κ2) is 9.67. The van der Waals surface area contributed by atoms with Crippen LogP contribution in [0.2, 0.25) is 0 Å². The standard InChI is InChI=1S/C21H27N3O2S/c1-16(18-6-3-2-4-7-18)23-21(26)20(25)22-14-17-9-11-24(12-10-17)15-19-8-5-13-27-19/h2-8,13,16-17H,9-12,14-15H2,1H3,(H,22,25)(H,23,26). The number of hydrogen-bond acceptors (Lipinski definition) is 4. The van der Waals surface area contributed by atoms with Crippen molar-refractivity contribution in [3.05, 3.63) is 58.3 Å². The van der Waals surface area contributed by atoms with E-state index in [1.54, 1.807) is 11.3 Å². The number of carbonyl (C=O) groups excluding carboxylic acids is 2. The zero-order valence-electron chi connectivity index (χ0n) is 15.7. The van der Waals surface area contributed by atoms with E-state index in [9.17, 15) is 9.59 Å². The molecule has 1 aliphatic heterocycles. The Hall–Kier alpha value is -2.18. The van der Waals surface area contributed by atoms with Crippen molar-refractivity contribution >= 4 is 23.2 Å². The van der Waals surface area contributed by atoms with E-state index >= 15 is 0 Å². The van der Waals surface area contributed by atoms with Crippen LogP contribution in [0, 0.1) is 5.92 Å². The lowest BCUT2D eigenvalue weighted by molar-refractivity contribution is -0.139. The van der Waals surface area contributed by atoms with E-state index in [4.69, 9.17) is 0 Å². The van der Waals surface area contributed by atoms with Crippen LogP contribution in [0.4, 0.5) is 0 Å². The van der Waals surface area contributed by atoms with Crippen molar-refractivity contribution in [3.8, 4) is 0 Å². The van der Waals surface area contributed by atoms with Gasteiger partial charge in [-0.15, -0.1) is 11.3 Å². The molecule has 6 heteroatoms. The Morgan fingerprint density at radius 3 is 2.52 bits per heavy atom. The summed E-state index contributed by atoms with van der Waals surface area (Å²) in [7, 11) is 0. The van der Waals surface area contributed by atoms with Crippen LogP contribution in [0.5, 0.6) is 0 Å². The smallest absolute Gasteiger partial charge is 0.309 e. The Kier molecular flexibility index (Phi) is 7.01. The van der Waals surface area contributed by atoms with E-state index in [1.807, 2.05) is 37.3 Å². The topological polar surface area (TPSA) is 61.4 Å². The van der Waals surface area contributed by atoms with E-state index in [0.717, 1.165) is 38.0 Å². The largest absolute Gasteiger partial charge is 0.348 e. The SMILES string of the molecule is CC(NC(=O)C(=O)NCC1CCN(Cc2cccs2)CC1)c1ccccc1. The van der Waals surface area contributed by atoms with Crippen LogP contribution in [0.15, 0.2) is 47.8 Å². The van der Waals surface area contributed by atoms with Gasteiger partial charge in [-0.05, 0) is 55.8 Å². The van der Waals surface area contributed by atoms with Crippen molar-refractivity contribution < 1.29 is 9.59 Å². The number of amides is 2. The highest BCUT2D eigenvalue weighted by molar-refractivity contribution is 7.09.